The maximum atomic E-state index is 13.2. The number of fused-ring (bicyclic) bond motifs is 1. The number of imide groups is 1. The lowest BCUT2D eigenvalue weighted by Gasteiger charge is -2.11. The van der Waals surface area contributed by atoms with Gasteiger partial charge in [-0.1, -0.05) is 23.5 Å². The molecule has 0 saturated heterocycles. The molecule has 2 aromatic heterocycles. The largest absolute Gasteiger partial charge is 0.297 e. The number of rotatable bonds is 5. The summed E-state index contributed by atoms with van der Waals surface area (Å²) in [5, 5.41) is 3.71. The van der Waals surface area contributed by atoms with Crippen LogP contribution in [0, 0.1) is 12.7 Å². The van der Waals surface area contributed by atoms with Gasteiger partial charge in [-0.05, 0) is 43.3 Å². The minimum atomic E-state index is -0.361. The minimum absolute atomic E-state index is 0.0776. The standard InChI is InChI=1S/C23H15FN4O3S2/c1-12-18(33-20(26-12)13-6-8-14(24)9-7-13)19(29)27-23-25-10-15(32-23)11-28-21(30)16-4-2-3-5-17(16)22(28)31/h2-10H,11H2,1H3,(H,25,27,29). The lowest BCUT2D eigenvalue weighted by atomic mass is 10.1. The van der Waals surface area contributed by atoms with Crippen molar-refractivity contribution >= 4 is 45.5 Å². The number of amides is 3. The van der Waals surface area contributed by atoms with Crippen molar-refractivity contribution in [2.45, 2.75) is 13.5 Å². The Morgan fingerprint density at radius 2 is 1.70 bits per heavy atom. The van der Waals surface area contributed by atoms with Crippen LogP contribution in [0.25, 0.3) is 10.6 Å². The van der Waals surface area contributed by atoms with E-state index < -0.39 is 0 Å². The van der Waals surface area contributed by atoms with Crippen molar-refractivity contribution in [1.29, 1.82) is 0 Å². The predicted molar refractivity (Wildman–Crippen MR) is 123 cm³/mol. The van der Waals surface area contributed by atoms with Crippen LogP contribution in [0.15, 0.2) is 54.7 Å². The molecule has 164 valence electrons. The second-order valence-corrected chi connectivity index (χ2v) is 9.38. The van der Waals surface area contributed by atoms with E-state index in [1.165, 1.54) is 45.9 Å². The van der Waals surface area contributed by atoms with E-state index >= 15 is 0 Å². The summed E-state index contributed by atoms with van der Waals surface area (Å²) >= 11 is 2.40. The molecule has 3 amide bonds. The van der Waals surface area contributed by atoms with Gasteiger partial charge in [-0.15, -0.1) is 11.3 Å². The van der Waals surface area contributed by atoms with Crippen LogP contribution in [0.4, 0.5) is 9.52 Å². The topological polar surface area (TPSA) is 92.3 Å². The van der Waals surface area contributed by atoms with Crippen molar-refractivity contribution in [2.24, 2.45) is 0 Å². The highest BCUT2D eigenvalue weighted by molar-refractivity contribution is 7.17. The van der Waals surface area contributed by atoms with Gasteiger partial charge in [0, 0.05) is 16.6 Å². The van der Waals surface area contributed by atoms with Crippen LogP contribution in [-0.4, -0.2) is 32.6 Å². The monoisotopic (exact) mass is 478 g/mol. The third-order valence-electron chi connectivity index (χ3n) is 5.06. The second-order valence-electron chi connectivity index (χ2n) is 7.27. The first-order valence-corrected chi connectivity index (χ1v) is 11.5. The first-order valence-electron chi connectivity index (χ1n) is 9.85. The lowest BCUT2D eigenvalue weighted by Crippen LogP contribution is -2.28. The van der Waals surface area contributed by atoms with Gasteiger partial charge < -0.3 is 0 Å². The van der Waals surface area contributed by atoms with Crippen molar-refractivity contribution in [3.05, 3.63) is 87.1 Å². The Balaban J connectivity index is 1.29. The van der Waals surface area contributed by atoms with Gasteiger partial charge in [0.1, 0.15) is 15.7 Å². The number of carbonyl (C=O) groups is 3. The summed E-state index contributed by atoms with van der Waals surface area (Å²) in [4.78, 5) is 48.8. The second kappa shape index (κ2) is 8.30. The molecule has 4 aromatic rings. The van der Waals surface area contributed by atoms with Crippen molar-refractivity contribution in [2.75, 3.05) is 5.32 Å². The number of aromatic nitrogens is 2. The molecule has 2 aromatic carbocycles. The summed E-state index contributed by atoms with van der Waals surface area (Å²) in [6.45, 7) is 1.81. The molecule has 3 heterocycles. The van der Waals surface area contributed by atoms with Gasteiger partial charge in [-0.3, -0.25) is 24.6 Å². The Morgan fingerprint density at radius 1 is 1.03 bits per heavy atom. The predicted octanol–water partition coefficient (Wildman–Crippen LogP) is 4.76. The van der Waals surface area contributed by atoms with Crippen LogP contribution < -0.4 is 5.32 Å². The Kier molecular flexibility index (Phi) is 5.31. The number of anilines is 1. The van der Waals surface area contributed by atoms with Gasteiger partial charge in [0.15, 0.2) is 5.13 Å². The van der Waals surface area contributed by atoms with Crippen LogP contribution in [0.3, 0.4) is 0 Å². The Morgan fingerprint density at radius 3 is 2.36 bits per heavy atom. The maximum Gasteiger partial charge on any atom is 0.269 e. The molecule has 10 heteroatoms. The van der Waals surface area contributed by atoms with Gasteiger partial charge in [-0.25, -0.2) is 14.4 Å². The molecule has 0 unspecified atom stereocenters. The molecule has 1 aliphatic heterocycles. The summed E-state index contributed by atoms with van der Waals surface area (Å²) in [5.41, 5.74) is 2.05. The summed E-state index contributed by atoms with van der Waals surface area (Å²) in [6, 6.07) is 12.6. The smallest absolute Gasteiger partial charge is 0.269 e. The van der Waals surface area contributed by atoms with E-state index in [-0.39, 0.29) is 30.1 Å². The summed E-state index contributed by atoms with van der Waals surface area (Å²) < 4.78 is 13.2. The van der Waals surface area contributed by atoms with Crippen molar-refractivity contribution < 1.29 is 18.8 Å². The number of hydrogen-bond donors (Lipinski definition) is 1. The highest BCUT2D eigenvalue weighted by atomic mass is 32.1. The molecule has 0 aliphatic carbocycles. The number of aryl methyl sites for hydroxylation is 1. The number of nitrogens with one attached hydrogen (secondary N) is 1. The quantitative estimate of drug-likeness (QED) is 0.418. The number of nitrogens with zero attached hydrogens (tertiary/aromatic N) is 3. The molecule has 0 saturated carbocycles. The van der Waals surface area contributed by atoms with E-state index in [0.717, 1.165) is 5.56 Å². The zero-order chi connectivity index (χ0) is 23.1. The number of halogens is 1. The molecule has 5 rings (SSSR count). The van der Waals surface area contributed by atoms with Crippen LogP contribution in [0.1, 0.15) is 41.0 Å². The Bertz CT molecular complexity index is 1380. The first kappa shape index (κ1) is 21.1. The van der Waals surface area contributed by atoms with Crippen LogP contribution in [0.2, 0.25) is 0 Å². The third kappa shape index (κ3) is 3.94. The molecule has 0 bridgehead atoms. The Hall–Kier alpha value is -3.76. The van der Waals surface area contributed by atoms with E-state index in [9.17, 15) is 18.8 Å². The summed E-state index contributed by atoms with van der Waals surface area (Å²) in [5.74, 6) is -1.39. The molecular weight excluding hydrogens is 463 g/mol. The average Bonchev–Trinajstić information content (AvgIpc) is 3.48. The van der Waals surface area contributed by atoms with E-state index in [1.807, 2.05) is 0 Å². The molecule has 1 aliphatic rings. The van der Waals surface area contributed by atoms with Crippen molar-refractivity contribution in [3.63, 3.8) is 0 Å². The Labute approximate surface area is 195 Å². The SMILES string of the molecule is Cc1nc(-c2ccc(F)cc2)sc1C(=O)Nc1ncc(CN2C(=O)c3ccccc3C2=O)s1. The fourth-order valence-electron chi connectivity index (χ4n) is 3.45. The van der Waals surface area contributed by atoms with Gasteiger partial charge in [0.2, 0.25) is 0 Å². The normalized spacial score (nSPS) is 12.8. The lowest BCUT2D eigenvalue weighted by molar-refractivity contribution is 0.0643. The van der Waals surface area contributed by atoms with E-state index in [4.69, 9.17) is 0 Å². The fraction of sp³-hybridized carbons (Fsp3) is 0.0870. The zero-order valence-electron chi connectivity index (χ0n) is 17.2. The highest BCUT2D eigenvalue weighted by Crippen LogP contribution is 2.30. The molecule has 0 fully saturated rings. The molecule has 0 spiro atoms. The number of carbonyl (C=O) groups excluding carboxylic acids is 3. The van der Waals surface area contributed by atoms with Gasteiger partial charge >= 0.3 is 0 Å². The molecular formula is C23H15FN4O3S2. The van der Waals surface area contributed by atoms with E-state index in [1.54, 1.807) is 43.3 Å². The zero-order valence-corrected chi connectivity index (χ0v) is 18.8. The average molecular weight is 479 g/mol. The number of thiazole rings is 2. The third-order valence-corrected chi connectivity index (χ3v) is 7.16. The van der Waals surface area contributed by atoms with Gasteiger partial charge in [0.25, 0.3) is 17.7 Å². The molecule has 0 atom stereocenters. The minimum Gasteiger partial charge on any atom is -0.297 e. The maximum absolute atomic E-state index is 13.2. The summed E-state index contributed by atoms with van der Waals surface area (Å²) in [7, 11) is 0. The van der Waals surface area contributed by atoms with Gasteiger partial charge in [0.05, 0.1) is 23.4 Å². The van der Waals surface area contributed by atoms with Crippen LogP contribution in [0.5, 0.6) is 0 Å². The first-order chi connectivity index (χ1) is 15.9. The van der Waals surface area contributed by atoms with Crippen LogP contribution in [-0.2, 0) is 6.54 Å². The molecule has 7 nitrogen and oxygen atoms in total. The number of benzene rings is 2. The fourth-order valence-corrected chi connectivity index (χ4v) is 5.22. The van der Waals surface area contributed by atoms with Gasteiger partial charge in [-0.2, -0.15) is 0 Å². The summed E-state index contributed by atoms with van der Waals surface area (Å²) in [6.07, 6.45) is 1.54. The number of hydrogen-bond acceptors (Lipinski definition) is 7. The molecule has 1 N–H and O–H groups in total. The van der Waals surface area contributed by atoms with E-state index in [0.29, 0.717) is 36.7 Å². The highest BCUT2D eigenvalue weighted by Gasteiger charge is 2.35. The van der Waals surface area contributed by atoms with Crippen LogP contribution >= 0.6 is 22.7 Å². The van der Waals surface area contributed by atoms with Crippen molar-refractivity contribution in [1.82, 2.24) is 14.9 Å². The van der Waals surface area contributed by atoms with E-state index in [2.05, 4.69) is 15.3 Å². The molecule has 0 radical (unpaired) electrons. The molecule has 33 heavy (non-hydrogen) atoms. The van der Waals surface area contributed by atoms with Crippen molar-refractivity contribution in [3.8, 4) is 10.6 Å².